The van der Waals surface area contributed by atoms with Crippen LogP contribution in [0.2, 0.25) is 0 Å². The predicted octanol–water partition coefficient (Wildman–Crippen LogP) is 6.12. The number of hydrogen-bond donors (Lipinski definition) is 0. The largest absolute Gasteiger partial charge is 0.379 e. The van der Waals surface area contributed by atoms with Crippen LogP contribution in [0.15, 0.2) is 48.5 Å². The van der Waals surface area contributed by atoms with E-state index in [1.807, 2.05) is 30.0 Å². The summed E-state index contributed by atoms with van der Waals surface area (Å²) < 4.78 is 20.5. The second kappa shape index (κ2) is 9.90. The van der Waals surface area contributed by atoms with E-state index < -0.39 is 0 Å². The highest BCUT2D eigenvalue weighted by Crippen LogP contribution is 2.34. The van der Waals surface area contributed by atoms with Gasteiger partial charge in [-0.2, -0.15) is 0 Å². The number of hydrogen-bond acceptors (Lipinski definition) is 6. The molecule has 0 radical (unpaired) electrons. The van der Waals surface area contributed by atoms with Crippen molar-refractivity contribution in [3.63, 3.8) is 0 Å². The third-order valence-corrected chi connectivity index (χ3v) is 8.43. The number of para-hydroxylation sites is 1. The lowest BCUT2D eigenvalue weighted by Crippen LogP contribution is -2.52. The Bertz CT molecular complexity index is 1270. The van der Waals surface area contributed by atoms with Crippen molar-refractivity contribution >= 4 is 38.8 Å². The summed E-state index contributed by atoms with van der Waals surface area (Å²) in [5.74, 6) is -0.383. The van der Waals surface area contributed by atoms with Crippen molar-refractivity contribution < 1.29 is 13.9 Å². The number of carbonyl (C=O) groups excluding carboxylic acids is 1. The molecule has 1 aliphatic rings. The maximum atomic E-state index is 13.8. The Morgan fingerprint density at radius 1 is 1.15 bits per heavy atom. The lowest BCUT2D eigenvalue weighted by molar-refractivity contribution is -0.0147. The molecule has 0 spiro atoms. The van der Waals surface area contributed by atoms with Gasteiger partial charge in [0.1, 0.15) is 11.5 Å². The average Bonchev–Trinajstić information content (AvgIpc) is 3.45. The molecule has 0 N–H and O–H groups in total. The van der Waals surface area contributed by atoms with Crippen LogP contribution in [-0.2, 0) is 11.2 Å². The summed E-state index contributed by atoms with van der Waals surface area (Å²) in [5.41, 5.74) is 2.27. The number of aromatic nitrogens is 2. The summed E-state index contributed by atoms with van der Waals surface area (Å²) in [6, 6.07) is 14.3. The van der Waals surface area contributed by atoms with Crippen LogP contribution in [0.3, 0.4) is 0 Å². The normalized spacial score (nSPS) is 18.5. The number of piperidine rings is 1. The van der Waals surface area contributed by atoms with Crippen molar-refractivity contribution in [2.75, 3.05) is 13.7 Å². The van der Waals surface area contributed by atoms with Gasteiger partial charge in [0.2, 0.25) is 0 Å². The van der Waals surface area contributed by atoms with E-state index in [0.717, 1.165) is 51.7 Å². The molecule has 1 aliphatic heterocycles. The number of fused-ring (bicyclic) bond motifs is 1. The maximum absolute atomic E-state index is 13.8. The molecule has 0 unspecified atom stereocenters. The van der Waals surface area contributed by atoms with Crippen molar-refractivity contribution in [2.45, 2.75) is 44.8 Å². The summed E-state index contributed by atoms with van der Waals surface area (Å²) in [6.07, 6.45) is 3.34. The SMILES string of the molecule is CO[C@@H]1CCCN(C(=O)c2nc(C)sc2-c2ccc(F)cc2)[C@@H]1CCc1nc2ccccc2s1. The number of benzene rings is 2. The van der Waals surface area contributed by atoms with Crippen LogP contribution < -0.4 is 0 Å². The summed E-state index contributed by atoms with van der Waals surface area (Å²) >= 11 is 3.17. The van der Waals surface area contributed by atoms with Crippen molar-refractivity contribution in [3.8, 4) is 10.4 Å². The van der Waals surface area contributed by atoms with Gasteiger partial charge in [-0.3, -0.25) is 4.79 Å². The standard InChI is InChI=1S/C26H26FN3O2S2/c1-16-28-24(25(33-16)17-9-11-18(27)12-10-17)26(31)30-15-5-7-21(32-2)20(30)13-14-23-29-19-6-3-4-8-22(19)34-23/h3-4,6,8-12,20-21H,5,7,13-15H2,1-2H3/t20-,21-/m1/s1. The maximum Gasteiger partial charge on any atom is 0.274 e. The minimum atomic E-state index is -0.299. The Hall–Kier alpha value is -2.68. The van der Waals surface area contributed by atoms with Crippen LogP contribution in [0.5, 0.6) is 0 Å². The number of ether oxygens (including phenoxy) is 1. The Morgan fingerprint density at radius 3 is 2.71 bits per heavy atom. The van der Waals surface area contributed by atoms with Gasteiger partial charge in [0.15, 0.2) is 0 Å². The first kappa shape index (κ1) is 23.1. The second-order valence-corrected chi connectivity index (χ2v) is 10.8. The summed E-state index contributed by atoms with van der Waals surface area (Å²) in [6.45, 7) is 2.57. The molecule has 2 aromatic carbocycles. The van der Waals surface area contributed by atoms with Crippen molar-refractivity contribution in [1.82, 2.24) is 14.9 Å². The number of amides is 1. The molecule has 5 rings (SSSR count). The molecule has 5 nitrogen and oxygen atoms in total. The van der Waals surface area contributed by atoms with Crippen LogP contribution >= 0.6 is 22.7 Å². The summed E-state index contributed by atoms with van der Waals surface area (Å²) in [5, 5.41) is 1.89. The van der Waals surface area contributed by atoms with E-state index in [0.29, 0.717) is 12.2 Å². The van der Waals surface area contributed by atoms with Crippen molar-refractivity contribution in [1.29, 1.82) is 0 Å². The van der Waals surface area contributed by atoms with Gasteiger partial charge < -0.3 is 9.64 Å². The van der Waals surface area contributed by atoms with Gasteiger partial charge in [-0.25, -0.2) is 14.4 Å². The molecular weight excluding hydrogens is 469 g/mol. The number of carbonyl (C=O) groups is 1. The first-order chi connectivity index (χ1) is 16.5. The minimum absolute atomic E-state index is 0.0268. The highest BCUT2D eigenvalue weighted by atomic mass is 32.1. The summed E-state index contributed by atoms with van der Waals surface area (Å²) in [4.78, 5) is 25.9. The second-order valence-electron chi connectivity index (χ2n) is 8.51. The van der Waals surface area contributed by atoms with E-state index in [2.05, 4.69) is 11.1 Å². The highest BCUT2D eigenvalue weighted by molar-refractivity contribution is 7.18. The number of thiazole rings is 2. The third kappa shape index (κ3) is 4.62. The number of rotatable bonds is 6. The molecule has 2 atom stereocenters. The third-order valence-electron chi connectivity index (χ3n) is 6.32. The van der Waals surface area contributed by atoms with Crippen molar-refractivity contribution in [3.05, 3.63) is 70.1 Å². The van der Waals surface area contributed by atoms with Crippen LogP contribution in [-0.4, -0.2) is 46.6 Å². The molecule has 0 saturated carbocycles. The lowest BCUT2D eigenvalue weighted by atomic mass is 9.94. The van der Waals surface area contributed by atoms with Gasteiger partial charge in [-0.1, -0.05) is 24.3 Å². The molecular formula is C26H26FN3O2S2. The first-order valence-corrected chi connectivity index (χ1v) is 13.1. The smallest absolute Gasteiger partial charge is 0.274 e. The van der Waals surface area contributed by atoms with E-state index in [-0.39, 0.29) is 23.9 Å². The van der Waals surface area contributed by atoms with Crippen molar-refractivity contribution in [2.24, 2.45) is 0 Å². The van der Waals surface area contributed by atoms with Crippen LogP contribution in [0.25, 0.3) is 20.7 Å². The number of likely N-dealkylation sites (tertiary alicyclic amines) is 1. The minimum Gasteiger partial charge on any atom is -0.379 e. The Balaban J connectivity index is 1.41. The number of halogens is 1. The topological polar surface area (TPSA) is 55.3 Å². The molecule has 1 saturated heterocycles. The first-order valence-electron chi connectivity index (χ1n) is 11.4. The van der Waals surface area contributed by atoms with Crippen LogP contribution in [0.4, 0.5) is 4.39 Å². The molecule has 1 fully saturated rings. The molecule has 34 heavy (non-hydrogen) atoms. The number of methoxy groups -OCH3 is 1. The average molecular weight is 496 g/mol. The van der Waals surface area contributed by atoms with Crippen LogP contribution in [0, 0.1) is 12.7 Å². The van der Waals surface area contributed by atoms with Gasteiger partial charge in [-0.15, -0.1) is 22.7 Å². The molecule has 176 valence electrons. The summed E-state index contributed by atoms with van der Waals surface area (Å²) in [7, 11) is 1.72. The number of aryl methyl sites for hydroxylation is 2. The fourth-order valence-electron chi connectivity index (χ4n) is 4.69. The van der Waals surface area contributed by atoms with E-state index in [9.17, 15) is 9.18 Å². The lowest BCUT2D eigenvalue weighted by Gasteiger charge is -2.40. The molecule has 0 bridgehead atoms. The molecule has 1 amide bonds. The van der Waals surface area contributed by atoms with Gasteiger partial charge in [0.25, 0.3) is 5.91 Å². The number of nitrogens with zero attached hydrogens (tertiary/aromatic N) is 3. The van der Waals surface area contributed by atoms with E-state index in [4.69, 9.17) is 9.72 Å². The molecule has 3 heterocycles. The van der Waals surface area contributed by atoms with Crippen LogP contribution in [0.1, 0.15) is 39.8 Å². The molecule has 4 aromatic rings. The van der Waals surface area contributed by atoms with Gasteiger partial charge >= 0.3 is 0 Å². The zero-order valence-electron chi connectivity index (χ0n) is 19.2. The molecule has 8 heteroatoms. The fourth-order valence-corrected chi connectivity index (χ4v) is 6.59. The molecule has 0 aliphatic carbocycles. The zero-order chi connectivity index (χ0) is 23.7. The van der Waals surface area contributed by atoms with Gasteiger partial charge in [0, 0.05) is 20.1 Å². The van der Waals surface area contributed by atoms with Gasteiger partial charge in [-0.05, 0) is 56.0 Å². The van der Waals surface area contributed by atoms with E-state index in [1.54, 1.807) is 30.6 Å². The quantitative estimate of drug-likeness (QED) is 0.323. The Morgan fingerprint density at radius 2 is 1.94 bits per heavy atom. The Labute approximate surface area is 206 Å². The zero-order valence-corrected chi connectivity index (χ0v) is 20.8. The monoisotopic (exact) mass is 495 g/mol. The van der Waals surface area contributed by atoms with Gasteiger partial charge in [0.05, 0.1) is 37.3 Å². The van der Waals surface area contributed by atoms with E-state index in [1.165, 1.54) is 28.2 Å². The Kier molecular flexibility index (Phi) is 6.72. The highest BCUT2D eigenvalue weighted by Gasteiger charge is 2.36. The predicted molar refractivity (Wildman–Crippen MR) is 135 cm³/mol. The fraction of sp³-hybridized carbons (Fsp3) is 0.346. The van der Waals surface area contributed by atoms with E-state index >= 15 is 0 Å². The molecule has 2 aromatic heterocycles.